The van der Waals surface area contributed by atoms with Gasteiger partial charge in [0.05, 0.1) is 28.4 Å². The van der Waals surface area contributed by atoms with Crippen LogP contribution in [0.2, 0.25) is 0 Å². The van der Waals surface area contributed by atoms with Crippen LogP contribution in [0.15, 0.2) is 260 Å². The summed E-state index contributed by atoms with van der Waals surface area (Å²) in [7, 11) is 2.09. The van der Waals surface area contributed by atoms with Gasteiger partial charge in [-0.25, -0.2) is 19.9 Å². The number of hydrogen-bond donors (Lipinski definition) is 0. The molecule has 0 N–H and O–H groups in total. The smallest absolute Gasteiger partial charge is 0.178 e. The number of fused-ring (bicyclic) bond motifs is 7. The lowest BCUT2D eigenvalue weighted by Crippen LogP contribution is -2.36. The fraction of sp³-hybridized carbons (Fsp3) is 0.267. The zero-order valence-corrected chi connectivity index (χ0v) is 62.8. The average molecular weight is 1440 g/mol. The maximum Gasteiger partial charge on any atom is 0.178 e. The van der Waals surface area contributed by atoms with E-state index in [9.17, 15) is 0 Å². The number of hydrogen-bond acceptors (Lipinski definition) is 17. The van der Waals surface area contributed by atoms with E-state index in [-0.39, 0.29) is 30.8 Å². The first kappa shape index (κ1) is 56.4. The van der Waals surface area contributed by atoms with Crippen LogP contribution in [0.5, 0.6) is 0 Å². The third kappa shape index (κ3) is 14.2. The quantitative estimate of drug-likeness (QED) is 0.158. The molecule has 0 unspecified atom stereocenters. The Kier molecular flexibility index (Phi) is 16.5. The number of nitrogens with zero attached hydrogens (tertiary/aromatic N) is 16. The number of benzene rings is 8. The minimum atomic E-state index is -2.26. The number of anilines is 14. The lowest BCUT2D eigenvalue weighted by Gasteiger charge is -2.28. The molecule has 6 aliphatic rings. The molecule has 10 heterocycles. The monoisotopic (exact) mass is 1440 g/mol. The maximum atomic E-state index is 7.83. The van der Waals surface area contributed by atoms with Crippen LogP contribution in [0.3, 0.4) is 0 Å². The summed E-state index contributed by atoms with van der Waals surface area (Å²) in [5.41, 5.74) is 18.0. The standard InChI is InChI=1S/C18H18N2O.C16H18N2.2C15H17N3.C14H16N4.C12H16N2/c1-12-8-9-15-14-6-4-5-7-16(14)21-18(15)17(12)20-11-10-19(3)13(20)2;1-12-8-4-5-9-14(12)18-13(2)17(3)15-10-6-7-11-16(15)18;1-11-7-4-5-8-13(11)18-12(2)17(3)15-14(18)9-6-10-16-15;1-11-7-4-5-8-13(11)18-12(2)17(3)14-9-6-10-16-15(14)18;1-10-6-4-5-7-12(10)18-11(2)17(3)13-14(18)16-9-8-15-13;1-10-6-4-5-7-12(10)14-9-8-13(3)11(14)2/h4-11,13H,1-3H3;4-11,13H,1-3H3;2*4-10,12H,1-3H3;4-9,11H,1-3H3;4-9,11H,1-3H3/t2*13-;2*12-;2*11-/m000000/s1/i;5*3D3. The van der Waals surface area contributed by atoms with Gasteiger partial charge in [-0.3, -0.25) is 0 Å². The first-order chi connectivity index (χ1) is 57.7. The zero-order valence-electron chi connectivity index (χ0n) is 77.8. The van der Waals surface area contributed by atoms with Gasteiger partial charge in [-0.2, -0.15) is 0 Å². The van der Waals surface area contributed by atoms with Crippen molar-refractivity contribution in [1.82, 2.24) is 29.7 Å². The maximum absolute atomic E-state index is 7.83. The molecular formula is C90H102N16O. The average Bonchev–Trinajstić information content (AvgIpc) is 1.62. The third-order valence-corrected chi connectivity index (χ3v) is 20.5. The van der Waals surface area contributed by atoms with Crippen molar-refractivity contribution in [2.75, 3.05) is 90.9 Å². The van der Waals surface area contributed by atoms with E-state index in [1.165, 1.54) is 47.0 Å². The number of para-hydroxylation sites is 8. The van der Waals surface area contributed by atoms with E-state index >= 15 is 0 Å². The molecule has 0 saturated carbocycles. The van der Waals surface area contributed by atoms with Crippen LogP contribution in [-0.4, -0.2) is 109 Å². The third-order valence-electron chi connectivity index (χ3n) is 20.5. The van der Waals surface area contributed by atoms with Crippen molar-refractivity contribution in [3.8, 4) is 0 Å². The van der Waals surface area contributed by atoms with Crippen LogP contribution in [0, 0.1) is 41.5 Å². The number of pyridine rings is 2. The molecule has 0 amide bonds. The summed E-state index contributed by atoms with van der Waals surface area (Å²) in [5, 5.41) is 2.36. The first-order valence-electron chi connectivity index (χ1n) is 43.5. The van der Waals surface area contributed by atoms with E-state index in [0.717, 1.165) is 90.2 Å². The fourth-order valence-electron chi connectivity index (χ4n) is 14.4. The van der Waals surface area contributed by atoms with E-state index < -0.39 is 34.9 Å². The molecule has 0 fully saturated rings. The van der Waals surface area contributed by atoms with Gasteiger partial charge in [0.25, 0.3) is 0 Å². The molecule has 0 bridgehead atoms. The van der Waals surface area contributed by atoms with E-state index in [1.54, 1.807) is 30.9 Å². The second-order valence-corrected chi connectivity index (χ2v) is 27.3. The number of aryl methyl sites for hydroxylation is 6. The van der Waals surface area contributed by atoms with Gasteiger partial charge < -0.3 is 63.2 Å². The van der Waals surface area contributed by atoms with Crippen LogP contribution in [0.4, 0.5) is 80.1 Å². The van der Waals surface area contributed by atoms with Crippen molar-refractivity contribution >= 4 is 102 Å². The Morgan fingerprint density at radius 2 is 0.692 bits per heavy atom. The second kappa shape index (κ2) is 31.4. The van der Waals surface area contributed by atoms with Crippen molar-refractivity contribution in [1.29, 1.82) is 0 Å². The molecule has 17 heteroatoms. The molecule has 548 valence electrons. The molecule has 12 aromatic rings. The highest BCUT2D eigenvalue weighted by molar-refractivity contribution is 6.09. The Labute approximate surface area is 654 Å². The summed E-state index contributed by atoms with van der Waals surface area (Å²) in [5.74, 6) is 2.17. The summed E-state index contributed by atoms with van der Waals surface area (Å²) in [6.07, 6.45) is 12.9. The summed E-state index contributed by atoms with van der Waals surface area (Å²) >= 11 is 0. The molecule has 107 heavy (non-hydrogen) atoms. The minimum Gasteiger partial charge on any atom is -0.454 e. The van der Waals surface area contributed by atoms with Gasteiger partial charge in [0.1, 0.15) is 42.6 Å². The zero-order chi connectivity index (χ0) is 88.0. The van der Waals surface area contributed by atoms with Gasteiger partial charge in [-0.05, 0) is 189 Å². The molecule has 8 aromatic carbocycles. The molecule has 4 aromatic heterocycles. The van der Waals surface area contributed by atoms with Crippen molar-refractivity contribution in [2.45, 2.75) is 120 Å². The van der Waals surface area contributed by atoms with Crippen LogP contribution in [0.1, 0.15) is 95.5 Å². The van der Waals surface area contributed by atoms with Crippen molar-refractivity contribution in [2.24, 2.45) is 0 Å². The molecule has 18 rings (SSSR count). The van der Waals surface area contributed by atoms with Gasteiger partial charge in [0.15, 0.2) is 28.9 Å². The van der Waals surface area contributed by atoms with Gasteiger partial charge >= 0.3 is 0 Å². The summed E-state index contributed by atoms with van der Waals surface area (Å²) in [6, 6.07) is 67.3. The Bertz CT molecular complexity index is 5310. The molecular weight excluding hydrogens is 1320 g/mol. The van der Waals surface area contributed by atoms with Crippen LogP contribution >= 0.6 is 0 Å². The SMILES string of the molecule is Cc1ccc2c(oc3ccccc32)c1N1C=CN(C)[C@@H]1C.[2H]C([2H])([2H])N1C=CN(c2ccccc2C)[C@H]1C.[2H]C([2H])([2H])N1c2ccccc2N(c2ccccc2C)[C@H]1C.[2H]C([2H])([2H])N1c2cccnc2N(c2ccccc2C)[C@H]1C.[2H]C([2H])([2H])N1c2ncccc2N(c2ccccc2C)[C@H]1C.[2H]C([2H])([2H])N1c2nccnc2N(c2ccccc2C)[C@H]1C. The normalized spacial score (nSPS) is 21.1. The van der Waals surface area contributed by atoms with E-state index in [1.807, 2.05) is 271 Å². The molecule has 6 aliphatic heterocycles. The second-order valence-electron chi connectivity index (χ2n) is 27.3. The van der Waals surface area contributed by atoms with Crippen molar-refractivity contribution in [3.05, 3.63) is 289 Å². The predicted molar refractivity (Wildman–Crippen MR) is 449 cm³/mol. The first-order valence-corrected chi connectivity index (χ1v) is 36.0. The summed E-state index contributed by atoms with van der Waals surface area (Å²) < 4.78 is 122. The lowest BCUT2D eigenvalue weighted by atomic mass is 10.1. The molecule has 6 atom stereocenters. The Morgan fingerprint density at radius 1 is 0.290 bits per heavy atom. The van der Waals surface area contributed by atoms with Gasteiger partial charge in [-0.15, -0.1) is 0 Å². The summed E-state index contributed by atoms with van der Waals surface area (Å²) in [4.78, 5) is 38.8. The highest BCUT2D eigenvalue weighted by Crippen LogP contribution is 2.47. The largest absolute Gasteiger partial charge is 0.454 e. The van der Waals surface area contributed by atoms with Gasteiger partial charge in [0, 0.05) is 151 Å². The van der Waals surface area contributed by atoms with Crippen molar-refractivity contribution in [3.63, 3.8) is 0 Å². The number of rotatable bonds is 6. The topological polar surface area (TPSA) is 104 Å². The molecule has 0 saturated heterocycles. The predicted octanol–water partition coefficient (Wildman–Crippen LogP) is 20.3. The number of aromatic nitrogens is 4. The van der Waals surface area contributed by atoms with Gasteiger partial charge in [-0.1, -0.05) is 133 Å². The van der Waals surface area contributed by atoms with Crippen LogP contribution < -0.4 is 49.0 Å². The minimum absolute atomic E-state index is 0.191. The highest BCUT2D eigenvalue weighted by Gasteiger charge is 2.37. The Balaban J connectivity index is 0.000000126. The Morgan fingerprint density at radius 3 is 1.24 bits per heavy atom. The number of furan rings is 1. The van der Waals surface area contributed by atoms with Crippen LogP contribution in [-0.2, 0) is 0 Å². The molecule has 0 aliphatic carbocycles. The van der Waals surface area contributed by atoms with E-state index in [2.05, 4.69) is 92.2 Å². The van der Waals surface area contributed by atoms with Gasteiger partial charge in [0.2, 0.25) is 0 Å². The highest BCUT2D eigenvalue weighted by atomic mass is 16.3. The van der Waals surface area contributed by atoms with E-state index in [4.69, 9.17) is 25.0 Å². The molecule has 17 nitrogen and oxygen atoms in total. The summed E-state index contributed by atoms with van der Waals surface area (Å²) in [6.45, 7) is 12.9. The molecule has 0 radical (unpaired) electrons. The van der Waals surface area contributed by atoms with Crippen LogP contribution in [0.25, 0.3) is 21.9 Å². The van der Waals surface area contributed by atoms with Crippen molar-refractivity contribution < 1.29 is 25.0 Å². The molecule has 0 spiro atoms. The van der Waals surface area contributed by atoms with E-state index in [0.29, 0.717) is 35.1 Å². The fourth-order valence-corrected chi connectivity index (χ4v) is 14.4. The lowest BCUT2D eigenvalue weighted by molar-refractivity contribution is 0.383. The Hall–Kier alpha value is -12.0.